The second-order valence-corrected chi connectivity index (χ2v) is 7.13. The van der Waals surface area contributed by atoms with Crippen LogP contribution in [0.2, 0.25) is 0 Å². The third-order valence-electron chi connectivity index (χ3n) is 5.37. The molecule has 0 radical (unpaired) electrons. The molecule has 6 nitrogen and oxygen atoms in total. The van der Waals surface area contributed by atoms with E-state index in [-0.39, 0.29) is 23.1 Å². The molecular weight excluding hydrogens is 364 g/mol. The van der Waals surface area contributed by atoms with E-state index in [9.17, 15) is 13.6 Å². The molecule has 8 heteroatoms. The Kier molecular flexibility index (Phi) is 6.06. The average Bonchev–Trinajstić information content (AvgIpc) is 2.70. The number of hydrogen-bond donors (Lipinski definition) is 2. The van der Waals surface area contributed by atoms with Gasteiger partial charge in [0.2, 0.25) is 11.9 Å². The molecule has 1 aromatic heterocycles. The van der Waals surface area contributed by atoms with Gasteiger partial charge in [-0.2, -0.15) is 4.98 Å². The molecule has 1 aromatic carbocycles. The van der Waals surface area contributed by atoms with E-state index in [4.69, 9.17) is 5.73 Å². The molecular formula is C20H25F2N5O. The van der Waals surface area contributed by atoms with Crippen LogP contribution >= 0.6 is 0 Å². The number of nitrogens with zero attached hydrogens (tertiary/aromatic N) is 3. The summed E-state index contributed by atoms with van der Waals surface area (Å²) in [6.45, 7) is 2.88. The molecule has 0 atom stereocenters. The van der Waals surface area contributed by atoms with E-state index in [1.165, 1.54) is 6.07 Å². The van der Waals surface area contributed by atoms with Gasteiger partial charge in [-0.1, -0.05) is 0 Å². The number of hydrogen-bond acceptors (Lipinski definition) is 5. The van der Waals surface area contributed by atoms with E-state index in [1.54, 1.807) is 6.20 Å². The van der Waals surface area contributed by atoms with Crippen LogP contribution in [0.5, 0.6) is 0 Å². The number of amides is 1. The molecule has 1 aliphatic rings. The van der Waals surface area contributed by atoms with Crippen molar-refractivity contribution >= 4 is 17.7 Å². The van der Waals surface area contributed by atoms with Gasteiger partial charge in [0.15, 0.2) is 11.6 Å². The minimum atomic E-state index is -0.966. The molecule has 28 heavy (non-hydrogen) atoms. The molecule has 0 bridgehead atoms. The number of nitrogens with two attached hydrogens (primary N) is 1. The van der Waals surface area contributed by atoms with E-state index in [1.807, 2.05) is 24.9 Å². The van der Waals surface area contributed by atoms with Gasteiger partial charge >= 0.3 is 0 Å². The zero-order valence-electron chi connectivity index (χ0n) is 16.1. The highest BCUT2D eigenvalue weighted by atomic mass is 19.2. The van der Waals surface area contributed by atoms with Crippen molar-refractivity contribution in [1.82, 2.24) is 9.97 Å². The zero-order chi connectivity index (χ0) is 20.3. The summed E-state index contributed by atoms with van der Waals surface area (Å²) in [5.41, 5.74) is 5.53. The van der Waals surface area contributed by atoms with Crippen LogP contribution in [0.25, 0.3) is 0 Å². The molecule has 1 aliphatic carbocycles. The van der Waals surface area contributed by atoms with Crippen LogP contribution in [-0.4, -0.2) is 35.5 Å². The third kappa shape index (κ3) is 4.21. The van der Waals surface area contributed by atoms with Gasteiger partial charge in [-0.25, -0.2) is 13.8 Å². The van der Waals surface area contributed by atoms with Crippen molar-refractivity contribution in [2.75, 3.05) is 23.8 Å². The van der Waals surface area contributed by atoms with E-state index in [2.05, 4.69) is 15.3 Å². The highest BCUT2D eigenvalue weighted by Crippen LogP contribution is 2.37. The number of carbonyl (C=O) groups excluding carboxylic acids is 1. The van der Waals surface area contributed by atoms with Crippen LogP contribution in [0.1, 0.15) is 54.4 Å². The monoisotopic (exact) mass is 389 g/mol. The first-order valence-electron chi connectivity index (χ1n) is 9.49. The fourth-order valence-electron chi connectivity index (χ4n) is 3.68. The lowest BCUT2D eigenvalue weighted by atomic mass is 9.79. The lowest BCUT2D eigenvalue weighted by molar-refractivity contribution is 0.0998. The standard InChI is InChI=1S/C20H25F2N5O/c1-3-27(2)16-10-11-24-20(26-16)25-13-6-4-12(5-7-13)17-14(19(23)28)8-9-15(21)18(17)22/h8-13H,3-7H2,1-2H3,(H2,23,28)(H,24,25,26). The number of benzene rings is 1. The van der Waals surface area contributed by atoms with Gasteiger partial charge in [0.25, 0.3) is 0 Å². The van der Waals surface area contributed by atoms with Gasteiger partial charge in [-0.15, -0.1) is 0 Å². The molecule has 0 aliphatic heterocycles. The van der Waals surface area contributed by atoms with Crippen molar-refractivity contribution in [2.45, 2.75) is 44.6 Å². The first-order valence-corrected chi connectivity index (χ1v) is 9.49. The Labute approximate surface area is 163 Å². The van der Waals surface area contributed by atoms with Crippen LogP contribution in [0.3, 0.4) is 0 Å². The van der Waals surface area contributed by atoms with Crippen LogP contribution in [-0.2, 0) is 0 Å². The molecule has 1 heterocycles. The minimum absolute atomic E-state index is 0.0638. The van der Waals surface area contributed by atoms with Gasteiger partial charge in [0.1, 0.15) is 5.82 Å². The Bertz CT molecular complexity index is 852. The van der Waals surface area contributed by atoms with Crippen molar-refractivity contribution < 1.29 is 13.6 Å². The number of nitrogens with one attached hydrogen (secondary N) is 1. The van der Waals surface area contributed by atoms with Gasteiger partial charge in [0.05, 0.1) is 0 Å². The number of rotatable bonds is 6. The van der Waals surface area contributed by atoms with Crippen molar-refractivity contribution in [3.05, 3.63) is 47.2 Å². The molecule has 0 unspecified atom stereocenters. The topological polar surface area (TPSA) is 84.1 Å². The Hall–Kier alpha value is -2.77. The van der Waals surface area contributed by atoms with Gasteiger partial charge in [-0.05, 0) is 56.7 Å². The van der Waals surface area contributed by atoms with Gasteiger partial charge in [0, 0.05) is 37.0 Å². The lowest BCUT2D eigenvalue weighted by Crippen LogP contribution is -2.28. The maximum Gasteiger partial charge on any atom is 0.249 e. The Balaban J connectivity index is 1.69. The Morgan fingerprint density at radius 1 is 1.25 bits per heavy atom. The van der Waals surface area contributed by atoms with Crippen LogP contribution < -0.4 is 16.0 Å². The van der Waals surface area contributed by atoms with Crippen LogP contribution in [0, 0.1) is 11.6 Å². The summed E-state index contributed by atoms with van der Waals surface area (Å²) in [6.07, 6.45) is 4.41. The second-order valence-electron chi connectivity index (χ2n) is 7.13. The Morgan fingerprint density at radius 3 is 2.61 bits per heavy atom. The molecule has 1 saturated carbocycles. The number of halogens is 2. The summed E-state index contributed by atoms with van der Waals surface area (Å²) in [5, 5.41) is 3.33. The molecule has 150 valence electrons. The van der Waals surface area contributed by atoms with Crippen molar-refractivity contribution in [1.29, 1.82) is 0 Å². The lowest BCUT2D eigenvalue weighted by Gasteiger charge is -2.30. The Morgan fingerprint density at radius 2 is 1.96 bits per heavy atom. The second kappa shape index (κ2) is 8.50. The summed E-state index contributed by atoms with van der Waals surface area (Å²) in [6, 6.07) is 4.20. The van der Waals surface area contributed by atoms with Crippen molar-refractivity contribution in [3.63, 3.8) is 0 Å². The van der Waals surface area contributed by atoms with Crippen molar-refractivity contribution in [3.8, 4) is 0 Å². The first-order chi connectivity index (χ1) is 13.4. The summed E-state index contributed by atoms with van der Waals surface area (Å²) < 4.78 is 28.1. The predicted molar refractivity (Wildman–Crippen MR) is 104 cm³/mol. The number of anilines is 2. The molecule has 0 spiro atoms. The smallest absolute Gasteiger partial charge is 0.249 e. The molecule has 0 saturated heterocycles. The third-order valence-corrected chi connectivity index (χ3v) is 5.37. The first kappa shape index (κ1) is 20.0. The number of primary amides is 1. The average molecular weight is 389 g/mol. The number of carbonyl (C=O) groups is 1. The zero-order valence-corrected chi connectivity index (χ0v) is 16.1. The van der Waals surface area contributed by atoms with E-state index >= 15 is 0 Å². The fraction of sp³-hybridized carbons (Fsp3) is 0.450. The van der Waals surface area contributed by atoms with E-state index < -0.39 is 17.5 Å². The van der Waals surface area contributed by atoms with Crippen molar-refractivity contribution in [2.24, 2.45) is 5.73 Å². The SMILES string of the molecule is CCN(C)c1ccnc(NC2CCC(c3c(C(N)=O)ccc(F)c3F)CC2)n1. The van der Waals surface area contributed by atoms with Crippen LogP contribution in [0.15, 0.2) is 24.4 Å². The molecule has 1 amide bonds. The van der Waals surface area contributed by atoms with Gasteiger partial charge in [-0.3, -0.25) is 4.79 Å². The maximum absolute atomic E-state index is 14.4. The summed E-state index contributed by atoms with van der Waals surface area (Å²) in [5.74, 6) is -1.51. The molecule has 1 fully saturated rings. The normalized spacial score (nSPS) is 19.3. The fourth-order valence-corrected chi connectivity index (χ4v) is 3.68. The molecule has 3 N–H and O–H groups in total. The summed E-state index contributed by atoms with van der Waals surface area (Å²) >= 11 is 0. The largest absolute Gasteiger partial charge is 0.366 e. The van der Waals surface area contributed by atoms with Crippen LogP contribution in [0.4, 0.5) is 20.5 Å². The molecule has 2 aromatic rings. The summed E-state index contributed by atoms with van der Waals surface area (Å²) in [7, 11) is 1.96. The minimum Gasteiger partial charge on any atom is -0.366 e. The highest BCUT2D eigenvalue weighted by molar-refractivity contribution is 5.94. The number of aromatic nitrogens is 2. The maximum atomic E-state index is 14.4. The predicted octanol–water partition coefficient (Wildman–Crippen LogP) is 3.45. The quantitative estimate of drug-likeness (QED) is 0.791. The highest BCUT2D eigenvalue weighted by Gasteiger charge is 2.29. The van der Waals surface area contributed by atoms with E-state index in [0.717, 1.165) is 31.3 Å². The van der Waals surface area contributed by atoms with Gasteiger partial charge < -0.3 is 16.0 Å². The summed E-state index contributed by atoms with van der Waals surface area (Å²) in [4.78, 5) is 22.4. The van der Waals surface area contributed by atoms with E-state index in [0.29, 0.717) is 18.8 Å². The molecule has 3 rings (SSSR count).